The molecule has 1 aromatic rings. The first-order valence-electron chi connectivity index (χ1n) is 8.01. The molecule has 0 aromatic heterocycles. The van der Waals surface area contributed by atoms with Gasteiger partial charge in [-0.25, -0.2) is 0 Å². The number of nitrogens with zero attached hydrogens (tertiary/aromatic N) is 2. The Morgan fingerprint density at radius 2 is 2.05 bits per heavy atom. The smallest absolute Gasteiger partial charge is 0.241 e. The molecular weight excluding hydrogens is 262 g/mol. The largest absolute Gasteiger partial charge is 0.360 e. The molecule has 0 spiro atoms. The van der Waals surface area contributed by atoms with Gasteiger partial charge in [0.05, 0.1) is 6.54 Å². The van der Waals surface area contributed by atoms with Crippen molar-refractivity contribution in [3.05, 3.63) is 29.8 Å². The summed E-state index contributed by atoms with van der Waals surface area (Å²) >= 11 is 0. The molecule has 0 radical (unpaired) electrons. The summed E-state index contributed by atoms with van der Waals surface area (Å²) in [6.45, 7) is 4.56. The monoisotopic (exact) mass is 287 g/mol. The third-order valence-corrected chi connectivity index (χ3v) is 4.68. The first-order chi connectivity index (χ1) is 10.2. The van der Waals surface area contributed by atoms with Crippen LogP contribution in [0.1, 0.15) is 18.4 Å². The number of amides is 1. The molecule has 2 heterocycles. The van der Waals surface area contributed by atoms with Crippen molar-refractivity contribution in [2.75, 3.05) is 44.7 Å². The maximum absolute atomic E-state index is 11.8. The fourth-order valence-corrected chi connectivity index (χ4v) is 3.25. The number of hydrogen-bond acceptors (Lipinski definition) is 3. The molecule has 2 fully saturated rings. The molecule has 21 heavy (non-hydrogen) atoms. The van der Waals surface area contributed by atoms with Crippen molar-refractivity contribution < 1.29 is 4.79 Å². The quantitative estimate of drug-likeness (QED) is 0.915. The van der Waals surface area contributed by atoms with Crippen molar-refractivity contribution in [2.45, 2.75) is 19.3 Å². The maximum atomic E-state index is 11.8. The summed E-state index contributed by atoms with van der Waals surface area (Å²) in [7, 11) is 1.88. The van der Waals surface area contributed by atoms with Crippen molar-refractivity contribution in [1.29, 1.82) is 0 Å². The third-order valence-electron chi connectivity index (χ3n) is 4.68. The molecule has 114 valence electrons. The van der Waals surface area contributed by atoms with Gasteiger partial charge in [-0.2, -0.15) is 0 Å². The molecule has 0 aliphatic carbocycles. The van der Waals surface area contributed by atoms with E-state index in [1.54, 1.807) is 4.90 Å². The van der Waals surface area contributed by atoms with Crippen LogP contribution in [0, 0.1) is 5.92 Å². The normalized spacial score (nSPS) is 23.5. The van der Waals surface area contributed by atoms with Crippen LogP contribution >= 0.6 is 0 Å². The molecule has 1 N–H and O–H groups in total. The van der Waals surface area contributed by atoms with Crippen molar-refractivity contribution in [3.8, 4) is 0 Å². The predicted octanol–water partition coefficient (Wildman–Crippen LogP) is 1.51. The highest BCUT2D eigenvalue weighted by Crippen LogP contribution is 2.21. The Labute approximate surface area is 127 Å². The van der Waals surface area contributed by atoms with Crippen molar-refractivity contribution in [3.63, 3.8) is 0 Å². The number of anilines is 1. The minimum absolute atomic E-state index is 0.207. The van der Waals surface area contributed by atoms with Gasteiger partial charge >= 0.3 is 0 Å². The molecule has 1 aromatic carbocycles. The highest BCUT2D eigenvalue weighted by Gasteiger charge is 2.21. The third kappa shape index (κ3) is 3.56. The summed E-state index contributed by atoms with van der Waals surface area (Å²) in [4.78, 5) is 15.8. The van der Waals surface area contributed by atoms with Crippen LogP contribution in [0.15, 0.2) is 24.3 Å². The average Bonchev–Trinajstić information content (AvgIpc) is 2.52. The molecule has 2 saturated heterocycles. The van der Waals surface area contributed by atoms with E-state index in [0.29, 0.717) is 6.54 Å². The molecule has 2 aliphatic heterocycles. The molecule has 1 atom stereocenters. The highest BCUT2D eigenvalue weighted by molar-refractivity contribution is 5.82. The summed E-state index contributed by atoms with van der Waals surface area (Å²) in [5.74, 6) is 0.980. The lowest BCUT2D eigenvalue weighted by Gasteiger charge is -2.33. The second-order valence-corrected chi connectivity index (χ2v) is 6.32. The van der Waals surface area contributed by atoms with E-state index < -0.39 is 0 Å². The molecular formula is C17H25N3O. The van der Waals surface area contributed by atoms with Crippen LogP contribution in [0.4, 0.5) is 5.69 Å². The van der Waals surface area contributed by atoms with Crippen molar-refractivity contribution in [1.82, 2.24) is 10.2 Å². The molecule has 3 rings (SSSR count). The number of likely N-dealkylation sites (N-methyl/N-ethyl adjacent to an activating group) is 1. The highest BCUT2D eigenvalue weighted by atomic mass is 16.2. The number of carbonyl (C=O) groups is 1. The van der Waals surface area contributed by atoms with Gasteiger partial charge in [-0.3, -0.25) is 4.79 Å². The van der Waals surface area contributed by atoms with Gasteiger partial charge in [-0.15, -0.1) is 0 Å². The lowest BCUT2D eigenvalue weighted by atomic mass is 9.92. The van der Waals surface area contributed by atoms with Crippen LogP contribution in [-0.4, -0.2) is 50.6 Å². The number of nitrogens with one attached hydrogen (secondary N) is 1. The van der Waals surface area contributed by atoms with Crippen molar-refractivity contribution >= 4 is 11.6 Å². The summed E-state index contributed by atoms with van der Waals surface area (Å²) in [5, 5.41) is 3.48. The first-order valence-corrected chi connectivity index (χ1v) is 8.01. The number of benzene rings is 1. The summed E-state index contributed by atoms with van der Waals surface area (Å²) in [6.07, 6.45) is 3.79. The second-order valence-electron chi connectivity index (χ2n) is 6.32. The average molecular weight is 287 g/mol. The van der Waals surface area contributed by atoms with Crippen LogP contribution in [0.5, 0.6) is 0 Å². The molecule has 1 unspecified atom stereocenters. The second kappa shape index (κ2) is 6.48. The molecule has 4 heteroatoms. The van der Waals surface area contributed by atoms with Gasteiger partial charge in [0.15, 0.2) is 0 Å². The lowest BCUT2D eigenvalue weighted by Crippen LogP contribution is -2.48. The van der Waals surface area contributed by atoms with E-state index in [0.717, 1.165) is 32.0 Å². The van der Waals surface area contributed by atoms with Crippen LogP contribution in [0.25, 0.3) is 0 Å². The van der Waals surface area contributed by atoms with E-state index in [1.165, 1.54) is 30.6 Å². The SMILES string of the molecule is CN1CCN(c2ccc(CC3CCCNC3)cc2)CC1=O. The minimum atomic E-state index is 0.207. The Balaban J connectivity index is 1.60. The zero-order chi connectivity index (χ0) is 14.7. The van der Waals surface area contributed by atoms with E-state index in [1.807, 2.05) is 7.05 Å². The zero-order valence-corrected chi connectivity index (χ0v) is 12.8. The lowest BCUT2D eigenvalue weighted by molar-refractivity contribution is -0.129. The number of hydrogen-bond donors (Lipinski definition) is 1. The molecule has 2 aliphatic rings. The van der Waals surface area contributed by atoms with E-state index in [4.69, 9.17) is 0 Å². The Morgan fingerprint density at radius 3 is 2.71 bits per heavy atom. The Morgan fingerprint density at radius 1 is 1.24 bits per heavy atom. The van der Waals surface area contributed by atoms with Crippen LogP contribution in [0.3, 0.4) is 0 Å². The Hall–Kier alpha value is -1.55. The Kier molecular flexibility index (Phi) is 4.44. The van der Waals surface area contributed by atoms with E-state index in [9.17, 15) is 4.79 Å². The number of carbonyl (C=O) groups excluding carboxylic acids is 1. The molecule has 4 nitrogen and oxygen atoms in total. The number of piperazine rings is 1. The fraction of sp³-hybridized carbons (Fsp3) is 0.588. The van der Waals surface area contributed by atoms with Gasteiger partial charge in [-0.1, -0.05) is 12.1 Å². The van der Waals surface area contributed by atoms with Crippen LogP contribution in [-0.2, 0) is 11.2 Å². The van der Waals surface area contributed by atoms with Crippen LogP contribution in [0.2, 0.25) is 0 Å². The standard InChI is InChI=1S/C17H25N3O/c1-19-9-10-20(13-17(19)21)16-6-4-14(5-7-16)11-15-3-2-8-18-12-15/h4-7,15,18H,2-3,8-13H2,1H3. The summed E-state index contributed by atoms with van der Waals surface area (Å²) in [5.41, 5.74) is 2.58. The maximum Gasteiger partial charge on any atom is 0.241 e. The van der Waals surface area contributed by atoms with Gasteiger partial charge in [0, 0.05) is 25.8 Å². The molecule has 1 amide bonds. The summed E-state index contributed by atoms with van der Waals surface area (Å²) < 4.78 is 0. The van der Waals surface area contributed by atoms with E-state index in [-0.39, 0.29) is 5.91 Å². The topological polar surface area (TPSA) is 35.6 Å². The zero-order valence-electron chi connectivity index (χ0n) is 12.8. The van der Waals surface area contributed by atoms with Gasteiger partial charge in [0.25, 0.3) is 0 Å². The molecule has 0 bridgehead atoms. The Bertz CT molecular complexity index is 479. The minimum Gasteiger partial charge on any atom is -0.360 e. The van der Waals surface area contributed by atoms with E-state index in [2.05, 4.69) is 34.5 Å². The molecule has 0 saturated carbocycles. The van der Waals surface area contributed by atoms with Gasteiger partial charge in [0.2, 0.25) is 5.91 Å². The van der Waals surface area contributed by atoms with Gasteiger partial charge in [0.1, 0.15) is 0 Å². The van der Waals surface area contributed by atoms with Crippen LogP contribution < -0.4 is 10.2 Å². The first kappa shape index (κ1) is 14.4. The predicted molar refractivity (Wildman–Crippen MR) is 85.6 cm³/mol. The fourth-order valence-electron chi connectivity index (χ4n) is 3.25. The number of piperidine rings is 1. The van der Waals surface area contributed by atoms with Crippen molar-refractivity contribution in [2.24, 2.45) is 5.92 Å². The number of rotatable bonds is 3. The summed E-state index contributed by atoms with van der Waals surface area (Å²) in [6, 6.07) is 8.80. The van der Waals surface area contributed by atoms with E-state index >= 15 is 0 Å². The van der Waals surface area contributed by atoms with Gasteiger partial charge < -0.3 is 15.1 Å². The van der Waals surface area contributed by atoms with Gasteiger partial charge in [-0.05, 0) is 56.0 Å².